The molecule has 0 bridgehead atoms. The Kier molecular flexibility index (Phi) is 8.06. The summed E-state index contributed by atoms with van der Waals surface area (Å²) in [5, 5.41) is -0.492. The quantitative estimate of drug-likeness (QED) is 0.420. The third-order valence-corrected chi connectivity index (χ3v) is 5.86. The number of hydrogen-bond donors (Lipinski definition) is 0. The molecule has 3 aromatic rings. The van der Waals surface area contributed by atoms with Gasteiger partial charge in [0.2, 0.25) is 15.0 Å². The molecular formula is C26H32N4O8S. The molecule has 0 N–H and O–H groups in total. The van der Waals surface area contributed by atoms with Crippen molar-refractivity contribution in [2.45, 2.75) is 64.4 Å². The van der Waals surface area contributed by atoms with Crippen LogP contribution in [0.1, 0.15) is 47.1 Å². The summed E-state index contributed by atoms with van der Waals surface area (Å²) in [7, 11) is -2.37. The van der Waals surface area contributed by atoms with E-state index >= 15 is 0 Å². The Morgan fingerprint density at radius 1 is 1.00 bits per heavy atom. The Bertz CT molecular complexity index is 1560. The second-order valence-electron chi connectivity index (χ2n) is 10.8. The van der Waals surface area contributed by atoms with Gasteiger partial charge in [0.15, 0.2) is 0 Å². The number of ether oxygens (including phenoxy) is 3. The lowest BCUT2D eigenvalue weighted by molar-refractivity contribution is 0.0431. The number of carbonyl (C=O) groups excluding carboxylic acids is 2. The predicted octanol–water partition coefficient (Wildman–Crippen LogP) is 3.93. The number of carbonyl (C=O) groups is 2. The first-order valence-corrected chi connectivity index (χ1v) is 13.8. The minimum absolute atomic E-state index is 0.0219. The summed E-state index contributed by atoms with van der Waals surface area (Å²) in [4.78, 5) is 48.7. The Labute approximate surface area is 226 Å². The third-order valence-electron chi connectivity index (χ3n) is 5.00. The Hall–Kier alpha value is -4.00. The Morgan fingerprint density at radius 3 is 2.10 bits per heavy atom. The summed E-state index contributed by atoms with van der Waals surface area (Å²) in [6, 6.07) is 7.98. The van der Waals surface area contributed by atoms with E-state index in [0.29, 0.717) is 16.2 Å². The van der Waals surface area contributed by atoms with Gasteiger partial charge < -0.3 is 14.2 Å². The zero-order valence-electron chi connectivity index (χ0n) is 23.1. The second kappa shape index (κ2) is 10.6. The van der Waals surface area contributed by atoms with Gasteiger partial charge in [0, 0.05) is 18.5 Å². The maximum absolute atomic E-state index is 13.5. The topological polar surface area (TPSA) is 147 Å². The summed E-state index contributed by atoms with van der Waals surface area (Å²) < 4.78 is 41.9. The van der Waals surface area contributed by atoms with Crippen LogP contribution in [0.5, 0.6) is 5.75 Å². The lowest BCUT2D eigenvalue weighted by Crippen LogP contribution is -2.44. The van der Waals surface area contributed by atoms with Crippen molar-refractivity contribution < 1.29 is 32.2 Å². The van der Waals surface area contributed by atoms with E-state index in [4.69, 9.17) is 14.2 Å². The van der Waals surface area contributed by atoms with Crippen LogP contribution >= 0.6 is 0 Å². The highest BCUT2D eigenvalue weighted by Crippen LogP contribution is 2.28. The molecule has 1 aromatic carbocycles. The van der Waals surface area contributed by atoms with Crippen LogP contribution in [0.15, 0.2) is 46.5 Å². The molecule has 0 spiro atoms. The normalized spacial score (nSPS) is 12.2. The van der Waals surface area contributed by atoms with Crippen LogP contribution in [0.3, 0.4) is 0 Å². The van der Waals surface area contributed by atoms with Gasteiger partial charge >= 0.3 is 12.2 Å². The maximum Gasteiger partial charge on any atom is 0.424 e. The first-order chi connectivity index (χ1) is 17.9. The van der Waals surface area contributed by atoms with Gasteiger partial charge in [-0.05, 0) is 59.2 Å². The van der Waals surface area contributed by atoms with E-state index in [9.17, 15) is 22.8 Å². The van der Waals surface area contributed by atoms with Crippen molar-refractivity contribution in [3.63, 3.8) is 0 Å². The molecular weight excluding hydrogens is 528 g/mol. The van der Waals surface area contributed by atoms with Crippen molar-refractivity contribution in [3.05, 3.63) is 52.4 Å². The third kappa shape index (κ3) is 7.31. The number of pyridine rings is 1. The summed E-state index contributed by atoms with van der Waals surface area (Å²) in [6.07, 6.45) is -0.140. The molecule has 3 rings (SSSR count). The van der Waals surface area contributed by atoms with E-state index in [1.165, 1.54) is 11.7 Å². The number of hydrogen-bond acceptors (Lipinski definition) is 10. The molecule has 0 aliphatic heterocycles. The number of benzene rings is 1. The number of aromatic nitrogens is 3. The van der Waals surface area contributed by atoms with Crippen molar-refractivity contribution in [2.24, 2.45) is 0 Å². The molecule has 0 fully saturated rings. The SMILES string of the molecule is COc1cccc(Cn2c(=O)cc(N(C(=O)OC(C)(C)C)C(=O)OC(C)(C)C)c3cnc(S(C)(=O)=O)nc32)c1. The molecule has 2 amide bonds. The molecule has 12 nitrogen and oxygen atoms in total. The van der Waals surface area contributed by atoms with Crippen molar-refractivity contribution >= 4 is 38.7 Å². The maximum atomic E-state index is 13.5. The lowest BCUT2D eigenvalue weighted by atomic mass is 10.2. The van der Waals surface area contributed by atoms with Crippen molar-refractivity contribution in [1.82, 2.24) is 14.5 Å². The smallest absolute Gasteiger partial charge is 0.424 e. The van der Waals surface area contributed by atoms with E-state index < -0.39 is 43.9 Å². The predicted molar refractivity (Wildman–Crippen MR) is 144 cm³/mol. The number of sulfone groups is 1. The fourth-order valence-electron chi connectivity index (χ4n) is 3.48. The minimum Gasteiger partial charge on any atom is -0.497 e. The molecule has 39 heavy (non-hydrogen) atoms. The van der Waals surface area contributed by atoms with Gasteiger partial charge in [-0.3, -0.25) is 9.36 Å². The molecule has 0 radical (unpaired) electrons. The van der Waals surface area contributed by atoms with Gasteiger partial charge in [0.1, 0.15) is 22.6 Å². The highest BCUT2D eigenvalue weighted by molar-refractivity contribution is 7.90. The van der Waals surface area contributed by atoms with Crippen LogP contribution in [0.4, 0.5) is 15.3 Å². The van der Waals surface area contributed by atoms with Crippen LogP contribution in [0.25, 0.3) is 11.0 Å². The summed E-state index contributed by atoms with van der Waals surface area (Å²) in [5.74, 6) is 0.550. The average Bonchev–Trinajstić information content (AvgIpc) is 2.78. The van der Waals surface area contributed by atoms with Crippen molar-refractivity contribution in [2.75, 3.05) is 18.3 Å². The number of rotatable bonds is 5. The second-order valence-corrected chi connectivity index (χ2v) is 12.7. The van der Waals surface area contributed by atoms with Crippen LogP contribution < -0.4 is 15.2 Å². The van der Waals surface area contributed by atoms with E-state index in [0.717, 1.165) is 18.5 Å². The van der Waals surface area contributed by atoms with Crippen LogP contribution in [-0.2, 0) is 25.9 Å². The number of fused-ring (bicyclic) bond motifs is 1. The first kappa shape index (κ1) is 29.6. The standard InChI is InChI=1S/C26H32N4O8S/c1-25(2,3)37-23(32)30(24(33)38-26(4,5)6)19-13-20(31)29(15-16-10-9-11-17(12-16)36-7)21-18(19)14-27-22(28-21)39(8,34)35/h9-14H,15H2,1-8H3. The number of methoxy groups -OCH3 is 1. The van der Waals surface area contributed by atoms with E-state index in [2.05, 4.69) is 9.97 Å². The molecule has 0 unspecified atom stereocenters. The molecule has 0 saturated carbocycles. The summed E-state index contributed by atoms with van der Waals surface area (Å²) in [5.41, 5.74) is -2.34. The van der Waals surface area contributed by atoms with Gasteiger partial charge in [0.25, 0.3) is 5.56 Å². The summed E-state index contributed by atoms with van der Waals surface area (Å²) in [6.45, 7) is 9.67. The number of imide groups is 1. The first-order valence-electron chi connectivity index (χ1n) is 11.9. The number of amides is 2. The summed E-state index contributed by atoms with van der Waals surface area (Å²) >= 11 is 0. The van der Waals surface area contributed by atoms with Gasteiger partial charge in [-0.1, -0.05) is 12.1 Å². The molecule has 0 atom stereocenters. The molecule has 0 aliphatic rings. The van der Waals surface area contributed by atoms with Gasteiger partial charge in [0.05, 0.1) is 24.7 Å². The monoisotopic (exact) mass is 560 g/mol. The molecule has 2 heterocycles. The highest BCUT2D eigenvalue weighted by atomic mass is 32.2. The van der Waals surface area contributed by atoms with Gasteiger partial charge in [-0.15, -0.1) is 0 Å². The molecule has 13 heteroatoms. The fraction of sp³-hybridized carbons (Fsp3) is 0.423. The zero-order chi connectivity index (χ0) is 29.3. The Morgan fingerprint density at radius 2 is 1.59 bits per heavy atom. The minimum atomic E-state index is -3.88. The molecule has 0 saturated heterocycles. The fourth-order valence-corrected chi connectivity index (χ4v) is 3.97. The molecule has 210 valence electrons. The van der Waals surface area contributed by atoms with Crippen LogP contribution in [-0.4, -0.2) is 59.7 Å². The van der Waals surface area contributed by atoms with Crippen molar-refractivity contribution in [1.29, 1.82) is 0 Å². The molecule has 0 aliphatic carbocycles. The van der Waals surface area contributed by atoms with E-state index in [1.54, 1.807) is 65.8 Å². The van der Waals surface area contributed by atoms with Crippen molar-refractivity contribution in [3.8, 4) is 5.75 Å². The Balaban J connectivity index is 2.33. The lowest BCUT2D eigenvalue weighted by Gasteiger charge is -2.29. The molecule has 2 aromatic heterocycles. The van der Waals surface area contributed by atoms with Crippen LogP contribution in [0, 0.1) is 0 Å². The van der Waals surface area contributed by atoms with E-state index in [-0.39, 0.29) is 23.3 Å². The average molecular weight is 561 g/mol. The number of anilines is 1. The number of nitrogens with zero attached hydrogens (tertiary/aromatic N) is 4. The highest BCUT2D eigenvalue weighted by Gasteiger charge is 2.35. The van der Waals surface area contributed by atoms with Crippen LogP contribution in [0.2, 0.25) is 0 Å². The van der Waals surface area contributed by atoms with E-state index in [1.807, 2.05) is 0 Å². The van der Waals surface area contributed by atoms with Gasteiger partial charge in [-0.2, -0.15) is 9.88 Å². The zero-order valence-corrected chi connectivity index (χ0v) is 24.0. The largest absolute Gasteiger partial charge is 0.497 e. The van der Waals surface area contributed by atoms with Gasteiger partial charge in [-0.25, -0.2) is 23.0 Å².